The van der Waals surface area contributed by atoms with Crippen LogP contribution in [-0.2, 0) is 0 Å². The van der Waals surface area contributed by atoms with Gasteiger partial charge in [-0.25, -0.2) is 0 Å². The Morgan fingerprint density at radius 3 is 2.83 bits per heavy atom. The Hall–Kier alpha value is -1.49. The fraction of sp³-hybridized carbons (Fsp3) is 0.562. The number of hydrogen-bond acceptors (Lipinski definition) is 2. The van der Waals surface area contributed by atoms with E-state index in [0.29, 0.717) is 6.04 Å². The van der Waals surface area contributed by atoms with Crippen LogP contribution < -0.4 is 5.32 Å². The van der Waals surface area contributed by atoms with Gasteiger partial charge in [0.25, 0.3) is 0 Å². The molecule has 1 N–H and O–H groups in total. The fourth-order valence-corrected chi connectivity index (χ4v) is 2.73. The molecule has 0 bridgehead atoms. The van der Waals surface area contributed by atoms with Gasteiger partial charge in [-0.05, 0) is 49.8 Å². The van der Waals surface area contributed by atoms with Gasteiger partial charge in [0.2, 0.25) is 0 Å². The van der Waals surface area contributed by atoms with Crippen LogP contribution in [0.4, 0.5) is 5.69 Å². The molecule has 0 amide bonds. The zero-order valence-electron chi connectivity index (χ0n) is 11.4. The smallest absolute Gasteiger partial charge is 0.101 e. The SMILES string of the molecule is Cc1ccc(C#N)c(NC2CCCC(C)CC2)c1. The number of hydrogen-bond donors (Lipinski definition) is 1. The van der Waals surface area contributed by atoms with Gasteiger partial charge in [0.05, 0.1) is 11.3 Å². The van der Waals surface area contributed by atoms with Gasteiger partial charge in [-0.3, -0.25) is 0 Å². The molecule has 1 aromatic carbocycles. The minimum atomic E-state index is 0.531. The van der Waals surface area contributed by atoms with Crippen molar-refractivity contribution in [2.45, 2.75) is 52.0 Å². The summed E-state index contributed by atoms with van der Waals surface area (Å²) >= 11 is 0. The van der Waals surface area contributed by atoms with Crippen molar-refractivity contribution in [3.8, 4) is 6.07 Å². The Labute approximate surface area is 110 Å². The molecule has 1 fully saturated rings. The van der Waals surface area contributed by atoms with E-state index >= 15 is 0 Å². The van der Waals surface area contributed by atoms with E-state index in [9.17, 15) is 0 Å². The lowest BCUT2D eigenvalue weighted by molar-refractivity contribution is 0.502. The van der Waals surface area contributed by atoms with E-state index in [-0.39, 0.29) is 0 Å². The molecule has 1 aliphatic carbocycles. The highest BCUT2D eigenvalue weighted by Gasteiger charge is 2.16. The number of nitriles is 1. The molecular formula is C16H22N2. The molecule has 0 saturated heterocycles. The number of rotatable bonds is 2. The van der Waals surface area contributed by atoms with Crippen LogP contribution in [0.5, 0.6) is 0 Å². The summed E-state index contributed by atoms with van der Waals surface area (Å²) in [4.78, 5) is 0. The maximum atomic E-state index is 9.15. The second-order valence-corrected chi connectivity index (χ2v) is 5.62. The molecule has 1 aliphatic rings. The van der Waals surface area contributed by atoms with Gasteiger partial charge < -0.3 is 5.32 Å². The molecule has 1 aromatic rings. The molecule has 2 heteroatoms. The van der Waals surface area contributed by atoms with E-state index in [0.717, 1.165) is 17.2 Å². The van der Waals surface area contributed by atoms with E-state index < -0.39 is 0 Å². The zero-order chi connectivity index (χ0) is 13.0. The van der Waals surface area contributed by atoms with Crippen LogP contribution in [0.3, 0.4) is 0 Å². The third kappa shape index (κ3) is 3.26. The zero-order valence-corrected chi connectivity index (χ0v) is 11.4. The van der Waals surface area contributed by atoms with Crippen LogP contribution >= 0.6 is 0 Å². The quantitative estimate of drug-likeness (QED) is 0.787. The standard InChI is InChI=1S/C16H22N2/c1-12-4-3-5-15(9-7-12)18-16-10-13(2)6-8-14(16)11-17/h6,8,10,12,15,18H,3-5,7,9H2,1-2H3. The molecule has 1 saturated carbocycles. The minimum Gasteiger partial charge on any atom is -0.381 e. The third-order valence-corrected chi connectivity index (χ3v) is 3.91. The van der Waals surface area contributed by atoms with Crippen LogP contribution in [0.2, 0.25) is 0 Å². The predicted octanol–water partition coefficient (Wildman–Crippen LogP) is 4.25. The molecule has 2 nitrogen and oxygen atoms in total. The van der Waals surface area contributed by atoms with Crippen LogP contribution in [0.15, 0.2) is 18.2 Å². The Morgan fingerprint density at radius 1 is 1.22 bits per heavy atom. The first-order valence-corrected chi connectivity index (χ1v) is 6.96. The molecule has 96 valence electrons. The molecule has 0 heterocycles. The summed E-state index contributed by atoms with van der Waals surface area (Å²) in [6.07, 6.45) is 6.39. The van der Waals surface area contributed by atoms with Crippen molar-refractivity contribution < 1.29 is 0 Å². The van der Waals surface area contributed by atoms with Gasteiger partial charge in [0, 0.05) is 6.04 Å². The third-order valence-electron chi connectivity index (χ3n) is 3.91. The molecule has 2 atom stereocenters. The van der Waals surface area contributed by atoms with E-state index in [4.69, 9.17) is 5.26 Å². The lowest BCUT2D eigenvalue weighted by Gasteiger charge is -2.19. The first-order valence-electron chi connectivity index (χ1n) is 6.96. The molecule has 0 spiro atoms. The second kappa shape index (κ2) is 5.91. The van der Waals surface area contributed by atoms with Gasteiger partial charge in [-0.2, -0.15) is 5.26 Å². The Balaban J connectivity index is 2.09. The van der Waals surface area contributed by atoms with Gasteiger partial charge in [0.1, 0.15) is 6.07 Å². The normalized spacial score (nSPS) is 24.1. The van der Waals surface area contributed by atoms with Crippen LogP contribution in [0, 0.1) is 24.2 Å². The summed E-state index contributed by atoms with van der Waals surface area (Å²) in [6.45, 7) is 4.41. The summed E-state index contributed by atoms with van der Waals surface area (Å²) < 4.78 is 0. The molecule has 18 heavy (non-hydrogen) atoms. The topological polar surface area (TPSA) is 35.8 Å². The van der Waals surface area contributed by atoms with E-state index in [1.807, 2.05) is 12.1 Å². The molecule has 0 aromatic heterocycles. The number of aryl methyl sites for hydroxylation is 1. The Morgan fingerprint density at radius 2 is 2.06 bits per heavy atom. The minimum absolute atomic E-state index is 0.531. The van der Waals surface area contributed by atoms with E-state index in [2.05, 4.69) is 31.3 Å². The Bertz CT molecular complexity index is 445. The highest BCUT2D eigenvalue weighted by Crippen LogP contribution is 2.26. The number of anilines is 1. The maximum Gasteiger partial charge on any atom is 0.101 e. The van der Waals surface area contributed by atoms with Crippen molar-refractivity contribution in [2.24, 2.45) is 5.92 Å². The molecular weight excluding hydrogens is 220 g/mol. The fourth-order valence-electron chi connectivity index (χ4n) is 2.73. The van der Waals surface area contributed by atoms with Crippen molar-refractivity contribution in [3.05, 3.63) is 29.3 Å². The summed E-state index contributed by atoms with van der Waals surface area (Å²) in [5.74, 6) is 0.852. The monoisotopic (exact) mass is 242 g/mol. The number of nitrogens with one attached hydrogen (secondary N) is 1. The van der Waals surface area contributed by atoms with Crippen LogP contribution in [0.25, 0.3) is 0 Å². The summed E-state index contributed by atoms with van der Waals surface area (Å²) in [7, 11) is 0. The van der Waals surface area contributed by atoms with Crippen LogP contribution in [-0.4, -0.2) is 6.04 Å². The predicted molar refractivity (Wildman–Crippen MR) is 75.6 cm³/mol. The van der Waals surface area contributed by atoms with Gasteiger partial charge in [0.15, 0.2) is 0 Å². The first-order chi connectivity index (χ1) is 8.69. The highest BCUT2D eigenvalue weighted by molar-refractivity contribution is 5.59. The summed E-state index contributed by atoms with van der Waals surface area (Å²) in [5.41, 5.74) is 2.98. The molecule has 0 aliphatic heterocycles. The second-order valence-electron chi connectivity index (χ2n) is 5.62. The maximum absolute atomic E-state index is 9.15. The van der Waals surface area contributed by atoms with Crippen molar-refractivity contribution in [2.75, 3.05) is 5.32 Å². The van der Waals surface area contributed by atoms with Crippen molar-refractivity contribution in [1.82, 2.24) is 0 Å². The van der Waals surface area contributed by atoms with E-state index in [1.54, 1.807) is 0 Å². The van der Waals surface area contributed by atoms with Gasteiger partial charge >= 0.3 is 0 Å². The summed E-state index contributed by atoms with van der Waals surface area (Å²) in [5, 5.41) is 12.7. The molecule has 0 radical (unpaired) electrons. The van der Waals surface area contributed by atoms with Gasteiger partial charge in [-0.15, -0.1) is 0 Å². The van der Waals surface area contributed by atoms with Crippen molar-refractivity contribution in [1.29, 1.82) is 5.26 Å². The lowest BCUT2D eigenvalue weighted by Crippen LogP contribution is -2.19. The first kappa shape index (κ1) is 13.0. The van der Waals surface area contributed by atoms with Crippen molar-refractivity contribution in [3.63, 3.8) is 0 Å². The molecule has 2 unspecified atom stereocenters. The highest BCUT2D eigenvalue weighted by atomic mass is 14.9. The average molecular weight is 242 g/mol. The van der Waals surface area contributed by atoms with Crippen LogP contribution in [0.1, 0.15) is 50.2 Å². The molecule has 2 rings (SSSR count). The van der Waals surface area contributed by atoms with Crippen molar-refractivity contribution >= 4 is 5.69 Å². The number of nitrogens with zero attached hydrogens (tertiary/aromatic N) is 1. The van der Waals surface area contributed by atoms with E-state index in [1.165, 1.54) is 37.7 Å². The Kier molecular flexibility index (Phi) is 4.25. The van der Waals surface area contributed by atoms with Gasteiger partial charge in [-0.1, -0.05) is 25.8 Å². The largest absolute Gasteiger partial charge is 0.381 e. The average Bonchev–Trinajstić information content (AvgIpc) is 2.55. The summed E-state index contributed by atoms with van der Waals surface area (Å²) in [6, 6.07) is 8.81. The number of benzene rings is 1. The lowest BCUT2D eigenvalue weighted by atomic mass is 10.0.